The van der Waals surface area contributed by atoms with Gasteiger partial charge in [0.1, 0.15) is 0 Å². The summed E-state index contributed by atoms with van der Waals surface area (Å²) in [6, 6.07) is 12.4. The van der Waals surface area contributed by atoms with Crippen LogP contribution in [0.3, 0.4) is 0 Å². The van der Waals surface area contributed by atoms with E-state index in [1.807, 2.05) is 32.4 Å². The fraction of sp³-hybridized carbons (Fsp3) is 0.348. The molecule has 1 aromatic carbocycles. The third-order valence-electron chi connectivity index (χ3n) is 5.61. The van der Waals surface area contributed by atoms with Crippen molar-refractivity contribution in [3.63, 3.8) is 0 Å². The average Bonchev–Trinajstić information content (AvgIpc) is 3.08. The van der Waals surface area contributed by atoms with Gasteiger partial charge in [0.15, 0.2) is 0 Å². The fourth-order valence-electron chi connectivity index (χ4n) is 4.20. The summed E-state index contributed by atoms with van der Waals surface area (Å²) in [5, 5.41) is 14.4. The Bertz CT molecular complexity index is 994. The largest absolute Gasteiger partial charge is 0.481 e. The topological polar surface area (TPSA) is 71.2 Å². The number of hydrogen-bond donors (Lipinski definition) is 1. The third kappa shape index (κ3) is 4.01. The van der Waals surface area contributed by atoms with Crippen molar-refractivity contribution < 1.29 is 9.90 Å². The third-order valence-corrected chi connectivity index (χ3v) is 5.61. The zero-order valence-corrected chi connectivity index (χ0v) is 16.9. The SMILES string of the molecule is CN(C)c1ccc(Cn2nc(-c3cccnc3)c3c2CCCC3CC(=O)O)cc1. The second-order valence-corrected chi connectivity index (χ2v) is 7.86. The van der Waals surface area contributed by atoms with Gasteiger partial charge >= 0.3 is 5.97 Å². The lowest BCUT2D eigenvalue weighted by molar-refractivity contribution is -0.137. The summed E-state index contributed by atoms with van der Waals surface area (Å²) in [7, 11) is 4.06. The first kappa shape index (κ1) is 19.2. The number of carboxylic acids is 1. The van der Waals surface area contributed by atoms with Gasteiger partial charge in [-0.15, -0.1) is 0 Å². The molecule has 3 aromatic rings. The first-order valence-corrected chi connectivity index (χ1v) is 10.0. The number of rotatable bonds is 6. The molecule has 1 aliphatic rings. The lowest BCUT2D eigenvalue weighted by Gasteiger charge is -2.23. The number of pyridine rings is 1. The van der Waals surface area contributed by atoms with E-state index in [1.165, 1.54) is 5.56 Å². The molecule has 150 valence electrons. The molecular formula is C23H26N4O2. The average molecular weight is 390 g/mol. The van der Waals surface area contributed by atoms with Crippen LogP contribution in [0.4, 0.5) is 5.69 Å². The lowest BCUT2D eigenvalue weighted by Crippen LogP contribution is -2.16. The number of aromatic nitrogens is 3. The van der Waals surface area contributed by atoms with Crippen molar-refractivity contribution in [3.8, 4) is 11.3 Å². The maximum Gasteiger partial charge on any atom is 0.303 e. The van der Waals surface area contributed by atoms with E-state index in [0.717, 1.165) is 47.5 Å². The summed E-state index contributed by atoms with van der Waals surface area (Å²) < 4.78 is 2.07. The number of fused-ring (bicyclic) bond motifs is 1. The molecule has 4 rings (SSSR count). The number of nitrogens with zero attached hydrogens (tertiary/aromatic N) is 4. The number of benzene rings is 1. The monoisotopic (exact) mass is 390 g/mol. The van der Waals surface area contributed by atoms with Gasteiger partial charge in [0.2, 0.25) is 0 Å². The van der Waals surface area contributed by atoms with Crippen LogP contribution in [0.5, 0.6) is 0 Å². The predicted molar refractivity (Wildman–Crippen MR) is 113 cm³/mol. The van der Waals surface area contributed by atoms with Crippen LogP contribution in [0.1, 0.15) is 42.0 Å². The molecule has 0 saturated carbocycles. The molecule has 1 aliphatic carbocycles. The van der Waals surface area contributed by atoms with Crippen molar-refractivity contribution in [1.82, 2.24) is 14.8 Å². The second-order valence-electron chi connectivity index (χ2n) is 7.86. The lowest BCUT2D eigenvalue weighted by atomic mass is 9.82. The Labute approximate surface area is 170 Å². The van der Waals surface area contributed by atoms with Gasteiger partial charge in [-0.25, -0.2) is 0 Å². The van der Waals surface area contributed by atoms with E-state index >= 15 is 0 Å². The first-order chi connectivity index (χ1) is 14.0. The molecule has 1 unspecified atom stereocenters. The van der Waals surface area contributed by atoms with Crippen molar-refractivity contribution in [3.05, 3.63) is 65.6 Å². The van der Waals surface area contributed by atoms with Gasteiger partial charge in [-0.1, -0.05) is 12.1 Å². The highest BCUT2D eigenvalue weighted by atomic mass is 16.4. The zero-order valence-electron chi connectivity index (χ0n) is 16.9. The van der Waals surface area contributed by atoms with Crippen LogP contribution in [0, 0.1) is 0 Å². The predicted octanol–water partition coefficient (Wildman–Crippen LogP) is 3.95. The van der Waals surface area contributed by atoms with Crippen molar-refractivity contribution >= 4 is 11.7 Å². The van der Waals surface area contributed by atoms with Crippen molar-refractivity contribution in [2.45, 2.75) is 38.1 Å². The highest BCUT2D eigenvalue weighted by Gasteiger charge is 2.30. The normalized spacial score (nSPS) is 15.7. The maximum atomic E-state index is 11.5. The van der Waals surface area contributed by atoms with E-state index in [0.29, 0.717) is 6.54 Å². The number of aliphatic carboxylic acids is 1. The van der Waals surface area contributed by atoms with Crippen molar-refractivity contribution in [1.29, 1.82) is 0 Å². The van der Waals surface area contributed by atoms with Crippen LogP contribution in [0.25, 0.3) is 11.3 Å². The van der Waals surface area contributed by atoms with E-state index in [4.69, 9.17) is 5.10 Å². The van der Waals surface area contributed by atoms with Crippen LogP contribution in [0.2, 0.25) is 0 Å². The van der Waals surface area contributed by atoms with Gasteiger partial charge in [0, 0.05) is 49.0 Å². The fourth-order valence-corrected chi connectivity index (χ4v) is 4.20. The molecule has 2 aromatic heterocycles. The highest BCUT2D eigenvalue weighted by molar-refractivity contribution is 5.71. The Kier molecular flexibility index (Phi) is 5.34. The van der Waals surface area contributed by atoms with Gasteiger partial charge in [0.05, 0.1) is 18.7 Å². The van der Waals surface area contributed by atoms with Crippen LogP contribution in [-0.4, -0.2) is 39.9 Å². The van der Waals surface area contributed by atoms with Gasteiger partial charge < -0.3 is 10.0 Å². The summed E-state index contributed by atoms with van der Waals surface area (Å²) in [5.74, 6) is -0.761. The minimum atomic E-state index is -0.757. The first-order valence-electron chi connectivity index (χ1n) is 10.0. The van der Waals surface area contributed by atoms with E-state index in [2.05, 4.69) is 38.8 Å². The number of carboxylic acid groups (broad SMARTS) is 1. The summed E-state index contributed by atoms with van der Waals surface area (Å²) in [4.78, 5) is 17.8. The molecule has 0 spiro atoms. The molecule has 0 fully saturated rings. The summed E-state index contributed by atoms with van der Waals surface area (Å²) >= 11 is 0. The van der Waals surface area contributed by atoms with E-state index in [-0.39, 0.29) is 12.3 Å². The van der Waals surface area contributed by atoms with Crippen LogP contribution in [0.15, 0.2) is 48.8 Å². The van der Waals surface area contributed by atoms with Crippen molar-refractivity contribution in [2.75, 3.05) is 19.0 Å². The van der Waals surface area contributed by atoms with Crippen LogP contribution >= 0.6 is 0 Å². The smallest absolute Gasteiger partial charge is 0.303 e. The molecular weight excluding hydrogens is 364 g/mol. The summed E-state index contributed by atoms with van der Waals surface area (Å²) in [5.41, 5.74) is 6.43. The Morgan fingerprint density at radius 2 is 2.03 bits per heavy atom. The highest BCUT2D eigenvalue weighted by Crippen LogP contribution is 2.40. The number of hydrogen-bond acceptors (Lipinski definition) is 4. The van der Waals surface area contributed by atoms with Gasteiger partial charge in [0.25, 0.3) is 0 Å². The molecule has 0 bridgehead atoms. The van der Waals surface area contributed by atoms with Gasteiger partial charge in [-0.05, 0) is 55.0 Å². The minimum Gasteiger partial charge on any atom is -0.481 e. The Hall–Kier alpha value is -3.15. The Balaban J connectivity index is 1.75. The van der Waals surface area contributed by atoms with Gasteiger partial charge in [-0.2, -0.15) is 5.10 Å². The van der Waals surface area contributed by atoms with E-state index in [9.17, 15) is 9.90 Å². The van der Waals surface area contributed by atoms with Crippen LogP contribution < -0.4 is 4.90 Å². The number of carbonyl (C=O) groups is 1. The minimum absolute atomic E-state index is 0.00340. The molecule has 0 aliphatic heterocycles. The summed E-state index contributed by atoms with van der Waals surface area (Å²) in [6.45, 7) is 0.677. The molecule has 6 nitrogen and oxygen atoms in total. The molecule has 2 heterocycles. The Morgan fingerprint density at radius 1 is 1.24 bits per heavy atom. The number of anilines is 1. The van der Waals surface area contributed by atoms with Crippen LogP contribution in [-0.2, 0) is 17.8 Å². The quantitative estimate of drug-likeness (QED) is 0.690. The van der Waals surface area contributed by atoms with E-state index < -0.39 is 5.97 Å². The van der Waals surface area contributed by atoms with Crippen molar-refractivity contribution in [2.24, 2.45) is 0 Å². The molecule has 0 amide bonds. The molecule has 1 N–H and O–H groups in total. The Morgan fingerprint density at radius 3 is 2.69 bits per heavy atom. The standard InChI is InChI=1S/C23H26N4O2/c1-26(2)19-10-8-16(9-11-19)15-27-20-7-3-5-17(13-21(28)29)22(20)23(25-27)18-6-4-12-24-14-18/h4,6,8-12,14,17H,3,5,7,13,15H2,1-2H3,(H,28,29). The van der Waals surface area contributed by atoms with E-state index in [1.54, 1.807) is 6.20 Å². The zero-order chi connectivity index (χ0) is 20.4. The molecule has 0 radical (unpaired) electrons. The molecule has 29 heavy (non-hydrogen) atoms. The maximum absolute atomic E-state index is 11.5. The second kappa shape index (κ2) is 8.07. The molecule has 0 saturated heterocycles. The van der Waals surface area contributed by atoms with Gasteiger partial charge in [-0.3, -0.25) is 14.5 Å². The molecule has 6 heteroatoms. The summed E-state index contributed by atoms with van der Waals surface area (Å²) in [6.07, 6.45) is 6.50. The molecule has 1 atom stereocenters.